The molecule has 2 aliphatic heterocycles. The molecule has 0 radical (unpaired) electrons. The molecule has 0 aromatic heterocycles. The zero-order valence-electron chi connectivity index (χ0n) is 27.6. The molecule has 2 heterocycles. The van der Waals surface area contributed by atoms with Crippen molar-refractivity contribution in [3.8, 4) is 17.2 Å². The van der Waals surface area contributed by atoms with Crippen molar-refractivity contribution >= 4 is 41.4 Å². The number of ether oxygens (including phenoxy) is 9. The molecule has 0 N–H and O–H groups in total. The topological polar surface area (TPSA) is 185 Å². The van der Waals surface area contributed by atoms with E-state index in [0.717, 1.165) is 27.7 Å². The minimum absolute atomic E-state index is 0.0526. The molecule has 4 rings (SSSR count). The highest BCUT2D eigenvalue weighted by Gasteiger charge is 2.53. The molecular formula is C34H36O15. The Morgan fingerprint density at radius 1 is 0.755 bits per heavy atom. The van der Waals surface area contributed by atoms with Crippen LogP contribution in [0, 0.1) is 0 Å². The van der Waals surface area contributed by atoms with Gasteiger partial charge in [0.05, 0.1) is 13.2 Å². The molecule has 262 valence electrons. The van der Waals surface area contributed by atoms with Crippen LogP contribution in [0.25, 0.3) is 5.57 Å². The van der Waals surface area contributed by atoms with Crippen molar-refractivity contribution in [2.24, 2.45) is 0 Å². The number of fused-ring (bicyclic) bond motifs is 1. The van der Waals surface area contributed by atoms with Crippen LogP contribution in [-0.2, 0) is 63.6 Å². The number of carbonyl (C=O) groups excluding carboxylic acids is 6. The fourth-order valence-corrected chi connectivity index (χ4v) is 5.33. The van der Waals surface area contributed by atoms with Crippen LogP contribution in [0.2, 0.25) is 0 Å². The lowest BCUT2D eigenvalue weighted by Gasteiger charge is -2.45. The van der Waals surface area contributed by atoms with E-state index in [0.29, 0.717) is 16.9 Å². The standard InChI is InChI=1S/C34H36O15/c1-17(35)42-16-29-31(44-19(3)37)32(45-20(4)38)33(46-21(5)39)34(49-29)48-28-13-23-9-12-25(41-6)14-27(23)47-30(40)15-26(28)22-7-10-24(11-8-22)43-18(2)36/h7-12,14-15,28-29,31-34H,13,16H2,1-6H3/b26-15-/t28?,29-,31-,32+,33-,34-/m1/s1. The molecule has 0 aliphatic carbocycles. The van der Waals surface area contributed by atoms with Gasteiger partial charge in [0.15, 0.2) is 24.6 Å². The van der Waals surface area contributed by atoms with Gasteiger partial charge in [-0.15, -0.1) is 0 Å². The second-order valence-electron chi connectivity index (χ2n) is 11.0. The second kappa shape index (κ2) is 16.2. The molecule has 2 aromatic rings. The van der Waals surface area contributed by atoms with Gasteiger partial charge in [-0.05, 0) is 34.9 Å². The van der Waals surface area contributed by atoms with E-state index in [1.54, 1.807) is 24.3 Å². The Balaban J connectivity index is 1.83. The number of benzene rings is 2. The summed E-state index contributed by atoms with van der Waals surface area (Å²) in [4.78, 5) is 73.4. The van der Waals surface area contributed by atoms with Crippen LogP contribution in [0.4, 0.5) is 0 Å². The van der Waals surface area contributed by atoms with Gasteiger partial charge in [0.1, 0.15) is 30.0 Å². The van der Waals surface area contributed by atoms with Crippen LogP contribution in [0.1, 0.15) is 45.7 Å². The molecule has 1 saturated heterocycles. The summed E-state index contributed by atoms with van der Waals surface area (Å²) in [7, 11) is 1.46. The summed E-state index contributed by atoms with van der Waals surface area (Å²) in [5.41, 5.74) is 1.26. The zero-order chi connectivity index (χ0) is 35.8. The number of carbonyl (C=O) groups is 6. The molecule has 0 spiro atoms. The number of hydrogen-bond donors (Lipinski definition) is 0. The van der Waals surface area contributed by atoms with Crippen molar-refractivity contribution in [2.45, 2.75) is 77.8 Å². The van der Waals surface area contributed by atoms with Crippen molar-refractivity contribution < 1.29 is 71.4 Å². The third kappa shape index (κ3) is 9.87. The first-order chi connectivity index (χ1) is 23.2. The molecular weight excluding hydrogens is 648 g/mol. The van der Waals surface area contributed by atoms with Gasteiger partial charge >= 0.3 is 35.8 Å². The van der Waals surface area contributed by atoms with Gasteiger partial charge in [-0.25, -0.2) is 4.79 Å². The molecule has 1 unspecified atom stereocenters. The van der Waals surface area contributed by atoms with Crippen LogP contribution < -0.4 is 14.2 Å². The summed E-state index contributed by atoms with van der Waals surface area (Å²) in [6.45, 7) is 5.28. The zero-order valence-corrected chi connectivity index (χ0v) is 27.6. The van der Waals surface area contributed by atoms with Crippen LogP contribution in [-0.4, -0.2) is 86.3 Å². The molecule has 15 nitrogen and oxygen atoms in total. The second-order valence-corrected chi connectivity index (χ2v) is 11.0. The highest BCUT2D eigenvalue weighted by molar-refractivity contribution is 5.94. The number of rotatable bonds is 10. The van der Waals surface area contributed by atoms with Gasteiger partial charge in [-0.1, -0.05) is 18.2 Å². The van der Waals surface area contributed by atoms with Crippen LogP contribution >= 0.6 is 0 Å². The smallest absolute Gasteiger partial charge is 0.336 e. The molecule has 1 fully saturated rings. The van der Waals surface area contributed by atoms with E-state index in [-0.39, 0.29) is 23.5 Å². The molecule has 15 heteroatoms. The lowest BCUT2D eigenvalue weighted by Crippen LogP contribution is -2.63. The summed E-state index contributed by atoms with van der Waals surface area (Å²) in [5, 5.41) is 0. The predicted octanol–water partition coefficient (Wildman–Crippen LogP) is 2.63. The maximum Gasteiger partial charge on any atom is 0.336 e. The number of methoxy groups -OCH3 is 1. The average Bonchev–Trinajstić information content (AvgIpc) is 3.01. The van der Waals surface area contributed by atoms with Crippen LogP contribution in [0.3, 0.4) is 0 Å². The van der Waals surface area contributed by atoms with E-state index in [2.05, 4.69) is 0 Å². The highest BCUT2D eigenvalue weighted by atomic mass is 16.7. The fraction of sp³-hybridized carbons (Fsp3) is 0.412. The minimum atomic E-state index is -1.55. The average molecular weight is 685 g/mol. The van der Waals surface area contributed by atoms with E-state index in [1.165, 1.54) is 38.3 Å². The maximum absolute atomic E-state index is 13.2. The van der Waals surface area contributed by atoms with Gasteiger partial charge < -0.3 is 42.6 Å². The van der Waals surface area contributed by atoms with E-state index >= 15 is 0 Å². The van der Waals surface area contributed by atoms with Crippen LogP contribution in [0.15, 0.2) is 48.5 Å². The van der Waals surface area contributed by atoms with Crippen LogP contribution in [0.5, 0.6) is 17.2 Å². The lowest BCUT2D eigenvalue weighted by atomic mass is 9.93. The Kier molecular flexibility index (Phi) is 12.1. The maximum atomic E-state index is 13.2. The normalized spacial score (nSPS) is 24.3. The molecule has 0 bridgehead atoms. The van der Waals surface area contributed by atoms with E-state index in [1.807, 2.05) is 0 Å². The monoisotopic (exact) mass is 684 g/mol. The Hall–Kier alpha value is -5.28. The molecule has 2 aromatic carbocycles. The summed E-state index contributed by atoms with van der Waals surface area (Å²) in [5.74, 6) is -3.50. The Bertz CT molecular complexity index is 1610. The molecule has 0 saturated carbocycles. The Morgan fingerprint density at radius 3 is 1.96 bits per heavy atom. The van der Waals surface area contributed by atoms with Gasteiger partial charge in [-0.2, -0.15) is 0 Å². The van der Waals surface area contributed by atoms with Gasteiger partial charge in [0, 0.05) is 53.2 Å². The quantitative estimate of drug-likeness (QED) is 0.202. The third-order valence-electron chi connectivity index (χ3n) is 7.21. The van der Waals surface area contributed by atoms with Crippen molar-refractivity contribution in [2.75, 3.05) is 13.7 Å². The first-order valence-electron chi connectivity index (χ1n) is 15.1. The largest absolute Gasteiger partial charge is 0.497 e. The Morgan fingerprint density at radius 2 is 1.37 bits per heavy atom. The summed E-state index contributed by atoms with van der Waals surface area (Å²) in [6, 6.07) is 11.1. The number of hydrogen-bond acceptors (Lipinski definition) is 15. The molecule has 0 amide bonds. The van der Waals surface area contributed by atoms with Gasteiger partial charge in [0.2, 0.25) is 0 Å². The first-order valence-corrected chi connectivity index (χ1v) is 15.1. The predicted molar refractivity (Wildman–Crippen MR) is 165 cm³/mol. The van der Waals surface area contributed by atoms with E-state index in [4.69, 9.17) is 42.6 Å². The minimum Gasteiger partial charge on any atom is -0.497 e. The lowest BCUT2D eigenvalue weighted by molar-refractivity contribution is -0.312. The number of esters is 6. The van der Waals surface area contributed by atoms with Crippen molar-refractivity contribution in [3.63, 3.8) is 0 Å². The molecule has 49 heavy (non-hydrogen) atoms. The first kappa shape index (κ1) is 36.6. The van der Waals surface area contributed by atoms with Crippen molar-refractivity contribution in [1.29, 1.82) is 0 Å². The van der Waals surface area contributed by atoms with E-state index < -0.39 is 79.2 Å². The highest BCUT2D eigenvalue weighted by Crippen LogP contribution is 2.37. The van der Waals surface area contributed by atoms with Crippen molar-refractivity contribution in [3.05, 3.63) is 59.7 Å². The van der Waals surface area contributed by atoms with E-state index in [9.17, 15) is 28.8 Å². The summed E-state index contributed by atoms with van der Waals surface area (Å²) in [6.07, 6.45) is -6.99. The third-order valence-corrected chi connectivity index (χ3v) is 7.21. The van der Waals surface area contributed by atoms with Gasteiger partial charge in [0.25, 0.3) is 0 Å². The summed E-state index contributed by atoms with van der Waals surface area (Å²) >= 11 is 0. The fourth-order valence-electron chi connectivity index (χ4n) is 5.33. The summed E-state index contributed by atoms with van der Waals surface area (Å²) < 4.78 is 50.5. The molecule has 2 aliphatic rings. The Labute approximate surface area is 281 Å². The van der Waals surface area contributed by atoms with Gasteiger partial charge in [-0.3, -0.25) is 24.0 Å². The SMILES string of the molecule is COc1ccc2c(c1)OC(=O)/C=C(/c1ccc(OC(C)=O)cc1)C(O[C@@H]1O[C@H](COC(C)=O)[C@@H](OC(C)=O)[C@H](OC(C)=O)[C@H]1OC(C)=O)C2. The van der Waals surface area contributed by atoms with Crippen molar-refractivity contribution in [1.82, 2.24) is 0 Å². The molecule has 6 atom stereocenters.